The minimum atomic E-state index is -0.588. The van der Waals surface area contributed by atoms with Gasteiger partial charge in [0.2, 0.25) is 0 Å². The van der Waals surface area contributed by atoms with Gasteiger partial charge in [0.1, 0.15) is 11.6 Å². The van der Waals surface area contributed by atoms with Crippen LogP contribution in [-0.2, 0) is 4.79 Å². The number of benzene rings is 2. The Hall–Kier alpha value is -2.68. The van der Waals surface area contributed by atoms with Gasteiger partial charge in [0.25, 0.3) is 5.91 Å². The number of rotatable bonds is 5. The van der Waals surface area contributed by atoms with Gasteiger partial charge in [-0.1, -0.05) is 29.3 Å². The fourth-order valence-corrected chi connectivity index (χ4v) is 2.53. The van der Waals surface area contributed by atoms with Crippen molar-refractivity contribution in [2.45, 2.75) is 13.8 Å². The number of carbonyl (C=O) groups is 1. The average Bonchev–Trinajstić information content (AvgIpc) is 2.60. The summed E-state index contributed by atoms with van der Waals surface area (Å²) in [5.74, 6) is -0.605. The third-order valence-electron chi connectivity index (χ3n) is 3.46. The van der Waals surface area contributed by atoms with Gasteiger partial charge in [-0.3, -0.25) is 4.79 Å². The van der Waals surface area contributed by atoms with Crippen LogP contribution in [0.15, 0.2) is 35.9 Å². The Morgan fingerprint density at radius 2 is 2.04 bits per heavy atom. The summed E-state index contributed by atoms with van der Waals surface area (Å²) in [7, 11) is 0. The Morgan fingerprint density at radius 1 is 1.31 bits per heavy atom. The topological polar surface area (TPSA) is 82.3 Å². The minimum Gasteiger partial charge on any atom is -0.503 e. The van der Waals surface area contributed by atoms with E-state index in [1.165, 1.54) is 18.2 Å². The number of aromatic hydroxyl groups is 1. The van der Waals surface area contributed by atoms with Crippen LogP contribution in [0, 0.1) is 18.3 Å². The lowest BCUT2D eigenvalue weighted by Gasteiger charge is -2.09. The summed E-state index contributed by atoms with van der Waals surface area (Å²) in [5, 5.41) is 22.4. The first-order valence-electron chi connectivity index (χ1n) is 7.70. The van der Waals surface area contributed by atoms with E-state index in [9.17, 15) is 15.2 Å². The van der Waals surface area contributed by atoms with Crippen molar-refractivity contribution >= 4 is 40.9 Å². The number of nitriles is 1. The molecule has 0 aliphatic carbocycles. The SMILES string of the molecule is CCOc1cc(/C=C(/C#N)C(=O)Nc2ccc(C)c(Cl)c2)cc(Cl)c1O. The van der Waals surface area contributed by atoms with Gasteiger partial charge < -0.3 is 15.2 Å². The van der Waals surface area contributed by atoms with Crippen LogP contribution in [0.5, 0.6) is 11.5 Å². The van der Waals surface area contributed by atoms with Crippen LogP contribution in [0.2, 0.25) is 10.0 Å². The average molecular weight is 391 g/mol. The van der Waals surface area contributed by atoms with Crippen LogP contribution >= 0.6 is 23.2 Å². The van der Waals surface area contributed by atoms with E-state index in [0.29, 0.717) is 22.9 Å². The molecule has 0 atom stereocenters. The molecule has 0 aromatic heterocycles. The van der Waals surface area contributed by atoms with E-state index in [-0.39, 0.29) is 22.1 Å². The maximum absolute atomic E-state index is 12.3. The van der Waals surface area contributed by atoms with Gasteiger partial charge >= 0.3 is 0 Å². The van der Waals surface area contributed by atoms with E-state index in [0.717, 1.165) is 5.56 Å². The largest absolute Gasteiger partial charge is 0.503 e. The molecule has 0 saturated heterocycles. The summed E-state index contributed by atoms with van der Waals surface area (Å²) in [4.78, 5) is 12.3. The van der Waals surface area contributed by atoms with Crippen molar-refractivity contribution in [3.8, 4) is 17.6 Å². The number of ether oxygens (including phenoxy) is 1. The second-order valence-corrected chi connectivity index (χ2v) is 6.18. The first-order chi connectivity index (χ1) is 12.3. The van der Waals surface area contributed by atoms with Gasteiger partial charge in [-0.15, -0.1) is 0 Å². The molecule has 0 saturated carbocycles. The van der Waals surface area contributed by atoms with Crippen molar-refractivity contribution in [1.29, 1.82) is 5.26 Å². The molecule has 0 aliphatic rings. The number of anilines is 1. The number of phenols is 1. The number of amides is 1. The first kappa shape index (κ1) is 19.6. The van der Waals surface area contributed by atoms with Crippen LogP contribution in [0.4, 0.5) is 5.69 Å². The van der Waals surface area contributed by atoms with Crippen LogP contribution in [0.25, 0.3) is 6.08 Å². The van der Waals surface area contributed by atoms with Crippen molar-refractivity contribution in [2.24, 2.45) is 0 Å². The van der Waals surface area contributed by atoms with Gasteiger partial charge in [-0.2, -0.15) is 5.26 Å². The smallest absolute Gasteiger partial charge is 0.266 e. The number of carbonyl (C=O) groups excluding carboxylic acids is 1. The molecule has 1 amide bonds. The van der Waals surface area contributed by atoms with E-state index in [4.69, 9.17) is 27.9 Å². The Morgan fingerprint density at radius 3 is 2.65 bits per heavy atom. The molecule has 26 heavy (non-hydrogen) atoms. The van der Waals surface area contributed by atoms with Crippen molar-refractivity contribution < 1.29 is 14.6 Å². The lowest BCUT2D eigenvalue weighted by Crippen LogP contribution is -2.13. The highest BCUT2D eigenvalue weighted by molar-refractivity contribution is 6.32. The predicted molar refractivity (Wildman–Crippen MR) is 103 cm³/mol. The maximum Gasteiger partial charge on any atom is 0.266 e. The standard InChI is InChI=1S/C19H16Cl2N2O3/c1-3-26-17-8-12(7-16(21)18(17)24)6-13(10-22)19(25)23-14-5-4-11(2)15(20)9-14/h4-9,24H,3H2,1-2H3,(H,23,25)/b13-6-. The third-order valence-corrected chi connectivity index (χ3v) is 4.15. The first-order valence-corrected chi connectivity index (χ1v) is 8.46. The molecule has 134 valence electrons. The molecule has 0 unspecified atom stereocenters. The molecule has 2 aromatic carbocycles. The molecule has 0 bridgehead atoms. The van der Waals surface area contributed by atoms with E-state index >= 15 is 0 Å². The van der Waals surface area contributed by atoms with E-state index < -0.39 is 5.91 Å². The van der Waals surface area contributed by atoms with Crippen LogP contribution < -0.4 is 10.1 Å². The Kier molecular flexibility index (Phi) is 6.51. The molecule has 2 aromatic rings. The minimum absolute atomic E-state index is 0.0604. The highest BCUT2D eigenvalue weighted by atomic mass is 35.5. The summed E-state index contributed by atoms with van der Waals surface area (Å²) in [6.07, 6.45) is 1.36. The Bertz CT molecular complexity index is 918. The summed E-state index contributed by atoms with van der Waals surface area (Å²) in [6, 6.07) is 9.85. The monoisotopic (exact) mass is 390 g/mol. The van der Waals surface area contributed by atoms with Gasteiger partial charge in [-0.25, -0.2) is 0 Å². The summed E-state index contributed by atoms with van der Waals surface area (Å²) in [6.45, 7) is 3.94. The predicted octanol–water partition coefficient (Wildman–Crippen LogP) is 4.95. The molecular weight excluding hydrogens is 375 g/mol. The zero-order valence-corrected chi connectivity index (χ0v) is 15.6. The second kappa shape index (κ2) is 8.61. The highest BCUT2D eigenvalue weighted by Gasteiger charge is 2.13. The molecule has 7 heteroatoms. The lowest BCUT2D eigenvalue weighted by molar-refractivity contribution is -0.112. The van der Waals surface area contributed by atoms with Gasteiger partial charge in [0.05, 0.1) is 11.6 Å². The number of nitrogens with zero attached hydrogens (tertiary/aromatic N) is 1. The number of halogens is 2. The molecule has 2 N–H and O–H groups in total. The van der Waals surface area contributed by atoms with Crippen LogP contribution in [0.1, 0.15) is 18.1 Å². The molecule has 0 fully saturated rings. The fourth-order valence-electron chi connectivity index (χ4n) is 2.13. The zero-order chi connectivity index (χ0) is 19.3. The van der Waals surface area contributed by atoms with Crippen LogP contribution in [-0.4, -0.2) is 17.6 Å². The summed E-state index contributed by atoms with van der Waals surface area (Å²) >= 11 is 12.0. The summed E-state index contributed by atoms with van der Waals surface area (Å²) in [5.41, 5.74) is 1.67. The number of nitrogens with one attached hydrogen (secondary N) is 1. The molecule has 0 aliphatic heterocycles. The molecule has 5 nitrogen and oxygen atoms in total. The van der Waals surface area contributed by atoms with Crippen molar-refractivity contribution in [1.82, 2.24) is 0 Å². The third kappa shape index (κ3) is 4.69. The van der Waals surface area contributed by atoms with Crippen molar-refractivity contribution in [3.05, 3.63) is 57.1 Å². The Balaban J connectivity index is 2.30. The molecule has 0 spiro atoms. The lowest BCUT2D eigenvalue weighted by atomic mass is 10.1. The Labute approximate surface area is 161 Å². The van der Waals surface area contributed by atoms with E-state index in [1.807, 2.05) is 13.0 Å². The van der Waals surface area contributed by atoms with E-state index in [2.05, 4.69) is 5.32 Å². The van der Waals surface area contributed by atoms with Crippen LogP contribution in [0.3, 0.4) is 0 Å². The van der Waals surface area contributed by atoms with Gasteiger partial charge in [0.15, 0.2) is 11.5 Å². The van der Waals surface area contributed by atoms with E-state index in [1.54, 1.807) is 25.1 Å². The second-order valence-electron chi connectivity index (χ2n) is 5.37. The quantitative estimate of drug-likeness (QED) is 0.558. The fraction of sp³-hybridized carbons (Fsp3) is 0.158. The van der Waals surface area contributed by atoms with Crippen molar-refractivity contribution in [2.75, 3.05) is 11.9 Å². The zero-order valence-electron chi connectivity index (χ0n) is 14.1. The van der Waals surface area contributed by atoms with Crippen molar-refractivity contribution in [3.63, 3.8) is 0 Å². The maximum atomic E-state index is 12.3. The molecule has 2 rings (SSSR count). The molecule has 0 heterocycles. The van der Waals surface area contributed by atoms with Gasteiger partial charge in [-0.05, 0) is 55.3 Å². The molecule has 0 radical (unpaired) electrons. The highest BCUT2D eigenvalue weighted by Crippen LogP contribution is 2.35. The summed E-state index contributed by atoms with van der Waals surface area (Å²) < 4.78 is 5.29. The number of aryl methyl sites for hydroxylation is 1. The molecular formula is C19H16Cl2N2O3. The normalized spacial score (nSPS) is 11.0. The number of phenolic OH excluding ortho intramolecular Hbond substituents is 1. The number of hydrogen-bond acceptors (Lipinski definition) is 4. The number of hydrogen-bond donors (Lipinski definition) is 2. The van der Waals surface area contributed by atoms with Gasteiger partial charge in [0, 0.05) is 10.7 Å².